The van der Waals surface area contributed by atoms with Crippen LogP contribution >= 0.6 is 0 Å². The molecule has 1 atom stereocenters. The summed E-state index contributed by atoms with van der Waals surface area (Å²) in [6.07, 6.45) is 4.27. The number of fused-ring (bicyclic) bond motifs is 1. The first-order valence-electron chi connectivity index (χ1n) is 11.8. The Morgan fingerprint density at radius 1 is 1.00 bits per heavy atom. The average Bonchev–Trinajstić information content (AvgIpc) is 2.81. The number of benzene rings is 3. The summed E-state index contributed by atoms with van der Waals surface area (Å²) in [5, 5.41) is 0. The van der Waals surface area contributed by atoms with Gasteiger partial charge in [-0.3, -0.25) is 4.99 Å². The molecule has 33 heavy (non-hydrogen) atoms. The fourth-order valence-electron chi connectivity index (χ4n) is 4.79. The van der Waals surface area contributed by atoms with Gasteiger partial charge < -0.3 is 14.4 Å². The summed E-state index contributed by atoms with van der Waals surface area (Å²) in [6, 6.07) is 22.2. The first-order chi connectivity index (χ1) is 15.9. The van der Waals surface area contributed by atoms with E-state index in [1.165, 1.54) is 11.3 Å². The molecule has 0 amide bonds. The van der Waals surface area contributed by atoms with E-state index < -0.39 is 0 Å². The van der Waals surface area contributed by atoms with Crippen LogP contribution in [-0.2, 0) is 0 Å². The highest BCUT2D eigenvalue weighted by molar-refractivity contribution is 5.83. The van der Waals surface area contributed by atoms with Crippen molar-refractivity contribution in [2.45, 2.75) is 52.0 Å². The minimum absolute atomic E-state index is 0.187. The lowest BCUT2D eigenvalue weighted by atomic mass is 9.79. The minimum atomic E-state index is 0.187. The SMILES string of the molecule is CCCN1c2ccc(C=Nc3ccc(Oc4cccc(OC)c4)cc3)cc2C(C)CC1(C)C. The predicted octanol–water partition coefficient (Wildman–Crippen LogP) is 7.74. The Morgan fingerprint density at radius 3 is 2.48 bits per heavy atom. The number of aliphatic imine (C=N–C) groups is 1. The molecule has 0 saturated carbocycles. The molecule has 0 aromatic heterocycles. The molecule has 172 valence electrons. The average molecular weight is 443 g/mol. The van der Waals surface area contributed by atoms with E-state index in [1.54, 1.807) is 7.11 Å². The third-order valence-electron chi connectivity index (χ3n) is 6.33. The zero-order chi connectivity index (χ0) is 23.4. The molecule has 4 heteroatoms. The van der Waals surface area contributed by atoms with Crippen molar-refractivity contribution < 1.29 is 9.47 Å². The zero-order valence-electron chi connectivity index (χ0n) is 20.3. The molecule has 1 aliphatic heterocycles. The second-order valence-electron chi connectivity index (χ2n) is 9.42. The van der Waals surface area contributed by atoms with Crippen molar-refractivity contribution >= 4 is 17.6 Å². The number of rotatable bonds is 7. The Hall–Kier alpha value is -3.27. The van der Waals surface area contributed by atoms with Crippen molar-refractivity contribution in [3.63, 3.8) is 0 Å². The van der Waals surface area contributed by atoms with Crippen LogP contribution < -0.4 is 14.4 Å². The van der Waals surface area contributed by atoms with Gasteiger partial charge in [-0.25, -0.2) is 0 Å². The van der Waals surface area contributed by atoms with Crippen molar-refractivity contribution in [3.8, 4) is 17.2 Å². The fourth-order valence-corrected chi connectivity index (χ4v) is 4.79. The van der Waals surface area contributed by atoms with E-state index in [0.29, 0.717) is 5.92 Å². The zero-order valence-corrected chi connectivity index (χ0v) is 20.3. The summed E-state index contributed by atoms with van der Waals surface area (Å²) in [5.41, 5.74) is 5.01. The third-order valence-corrected chi connectivity index (χ3v) is 6.33. The van der Waals surface area contributed by atoms with E-state index in [9.17, 15) is 0 Å². The lowest BCUT2D eigenvalue weighted by Gasteiger charge is -2.47. The molecule has 1 unspecified atom stereocenters. The largest absolute Gasteiger partial charge is 0.497 e. The van der Waals surface area contributed by atoms with Gasteiger partial charge in [-0.05, 0) is 92.3 Å². The van der Waals surface area contributed by atoms with Gasteiger partial charge in [-0.2, -0.15) is 0 Å². The van der Waals surface area contributed by atoms with Crippen molar-refractivity contribution in [2.75, 3.05) is 18.6 Å². The predicted molar refractivity (Wildman–Crippen MR) is 138 cm³/mol. The molecule has 1 aliphatic rings. The Morgan fingerprint density at radius 2 is 1.76 bits per heavy atom. The summed E-state index contributed by atoms with van der Waals surface area (Å²) in [6.45, 7) is 10.4. The number of methoxy groups -OCH3 is 1. The van der Waals surface area contributed by atoms with Crippen LogP contribution in [0.5, 0.6) is 17.2 Å². The van der Waals surface area contributed by atoms with Crippen LogP contribution in [0.2, 0.25) is 0 Å². The second kappa shape index (κ2) is 9.70. The number of ether oxygens (including phenoxy) is 2. The highest BCUT2D eigenvalue weighted by atomic mass is 16.5. The second-order valence-corrected chi connectivity index (χ2v) is 9.42. The molecule has 3 aromatic rings. The Kier molecular flexibility index (Phi) is 6.73. The normalized spacial score (nSPS) is 17.1. The molecule has 0 bridgehead atoms. The molecule has 0 fully saturated rings. The molecule has 0 spiro atoms. The van der Waals surface area contributed by atoms with Gasteiger partial charge in [0.15, 0.2) is 0 Å². The van der Waals surface area contributed by atoms with Crippen LogP contribution in [0, 0.1) is 0 Å². The molecule has 0 radical (unpaired) electrons. The topological polar surface area (TPSA) is 34.1 Å². The number of anilines is 1. The maximum atomic E-state index is 5.92. The van der Waals surface area contributed by atoms with Gasteiger partial charge >= 0.3 is 0 Å². The van der Waals surface area contributed by atoms with Gasteiger partial charge in [-0.1, -0.05) is 26.0 Å². The van der Waals surface area contributed by atoms with E-state index >= 15 is 0 Å². The van der Waals surface area contributed by atoms with Crippen LogP contribution in [0.3, 0.4) is 0 Å². The quantitative estimate of drug-likeness (QED) is 0.351. The Labute approximate surface area is 197 Å². The molecule has 3 aromatic carbocycles. The smallest absolute Gasteiger partial charge is 0.131 e. The van der Waals surface area contributed by atoms with E-state index in [2.05, 4.69) is 50.8 Å². The summed E-state index contributed by atoms with van der Waals surface area (Å²) >= 11 is 0. The maximum Gasteiger partial charge on any atom is 0.131 e. The summed E-state index contributed by atoms with van der Waals surface area (Å²) in [5.74, 6) is 2.82. The minimum Gasteiger partial charge on any atom is -0.497 e. The molecule has 0 saturated heterocycles. The maximum absolute atomic E-state index is 5.92. The lowest BCUT2D eigenvalue weighted by molar-refractivity contribution is 0.376. The first-order valence-corrected chi connectivity index (χ1v) is 11.8. The lowest BCUT2D eigenvalue weighted by Crippen LogP contribution is -2.48. The summed E-state index contributed by atoms with van der Waals surface area (Å²) in [4.78, 5) is 7.27. The standard InChI is InChI=1S/C29H34N2O2/c1-6-16-31-28-15-10-22(17-27(28)21(2)19-29(31,3)4)20-30-23-11-13-24(14-12-23)33-26-9-7-8-25(18-26)32-5/h7-15,17-18,20-21H,6,16,19H2,1-5H3. The summed E-state index contributed by atoms with van der Waals surface area (Å²) in [7, 11) is 1.65. The number of hydrogen-bond acceptors (Lipinski definition) is 4. The van der Waals surface area contributed by atoms with E-state index in [-0.39, 0.29) is 5.54 Å². The van der Waals surface area contributed by atoms with Crippen molar-refractivity contribution in [1.82, 2.24) is 0 Å². The van der Waals surface area contributed by atoms with Gasteiger partial charge in [0.05, 0.1) is 12.8 Å². The highest BCUT2D eigenvalue weighted by Crippen LogP contribution is 2.43. The molecule has 0 N–H and O–H groups in total. The van der Waals surface area contributed by atoms with Crippen LogP contribution in [0.1, 0.15) is 57.6 Å². The van der Waals surface area contributed by atoms with E-state index in [1.807, 2.05) is 54.7 Å². The molecule has 1 heterocycles. The van der Waals surface area contributed by atoms with Crippen LogP contribution in [-0.4, -0.2) is 25.4 Å². The summed E-state index contributed by atoms with van der Waals surface area (Å²) < 4.78 is 11.2. The molecule has 0 aliphatic carbocycles. The Bertz CT molecular complexity index is 1120. The monoisotopic (exact) mass is 442 g/mol. The molecule has 4 rings (SSSR count). The van der Waals surface area contributed by atoms with Crippen LogP contribution in [0.4, 0.5) is 11.4 Å². The van der Waals surface area contributed by atoms with Gasteiger partial charge in [0.1, 0.15) is 17.2 Å². The van der Waals surface area contributed by atoms with E-state index in [0.717, 1.165) is 47.9 Å². The van der Waals surface area contributed by atoms with Crippen molar-refractivity contribution in [1.29, 1.82) is 0 Å². The van der Waals surface area contributed by atoms with Gasteiger partial charge in [0.2, 0.25) is 0 Å². The highest BCUT2D eigenvalue weighted by Gasteiger charge is 2.35. The van der Waals surface area contributed by atoms with Crippen LogP contribution in [0.25, 0.3) is 0 Å². The fraction of sp³-hybridized carbons (Fsp3) is 0.345. The Balaban J connectivity index is 1.48. The van der Waals surface area contributed by atoms with Crippen molar-refractivity contribution in [3.05, 3.63) is 77.9 Å². The van der Waals surface area contributed by atoms with Crippen molar-refractivity contribution in [2.24, 2.45) is 4.99 Å². The van der Waals surface area contributed by atoms with Gasteiger partial charge in [-0.15, -0.1) is 0 Å². The molecular formula is C29H34N2O2. The van der Waals surface area contributed by atoms with Crippen LogP contribution in [0.15, 0.2) is 71.7 Å². The number of hydrogen-bond donors (Lipinski definition) is 0. The molecular weight excluding hydrogens is 408 g/mol. The third kappa shape index (κ3) is 5.22. The van der Waals surface area contributed by atoms with E-state index in [4.69, 9.17) is 14.5 Å². The first kappa shape index (κ1) is 22.9. The number of nitrogens with zero attached hydrogens (tertiary/aromatic N) is 2. The molecule has 4 nitrogen and oxygen atoms in total. The van der Waals surface area contributed by atoms with Gasteiger partial charge in [0, 0.05) is 30.1 Å². The van der Waals surface area contributed by atoms with Gasteiger partial charge in [0.25, 0.3) is 0 Å².